The van der Waals surface area contributed by atoms with Crippen molar-refractivity contribution in [2.45, 2.75) is 19.3 Å². The fraction of sp³-hybridized carbons (Fsp3) is 0.0588. The van der Waals surface area contributed by atoms with E-state index in [-0.39, 0.29) is 5.41 Å². The molecule has 0 spiro atoms. The van der Waals surface area contributed by atoms with Crippen LogP contribution in [0.25, 0.3) is 88.4 Å². The summed E-state index contributed by atoms with van der Waals surface area (Å²) in [6, 6.07) is 67.1. The summed E-state index contributed by atoms with van der Waals surface area (Å²) in [5.74, 6) is 0. The highest BCUT2D eigenvalue weighted by Crippen LogP contribution is 2.51. The summed E-state index contributed by atoms with van der Waals surface area (Å²) in [6.45, 7) is 4.74. The minimum atomic E-state index is -0.0807. The number of hydrogen-bond donors (Lipinski definition) is 0. The number of rotatable bonds is 4. The highest BCUT2D eigenvalue weighted by Gasteiger charge is 2.36. The van der Waals surface area contributed by atoms with Crippen molar-refractivity contribution in [3.05, 3.63) is 193 Å². The van der Waals surface area contributed by atoms with E-state index in [1.54, 1.807) is 0 Å². The maximum atomic E-state index is 2.49. The van der Waals surface area contributed by atoms with Crippen LogP contribution in [0, 0.1) is 0 Å². The van der Waals surface area contributed by atoms with Gasteiger partial charge in [-0.15, -0.1) is 0 Å². The van der Waals surface area contributed by atoms with Crippen LogP contribution < -0.4 is 0 Å². The van der Waals surface area contributed by atoms with Crippen molar-refractivity contribution < 1.29 is 0 Å². The van der Waals surface area contributed by atoms with Crippen LogP contribution in [0.5, 0.6) is 0 Å². The van der Waals surface area contributed by atoms with E-state index in [9.17, 15) is 0 Å². The predicted octanol–water partition coefficient (Wildman–Crippen LogP) is 13.5. The topological polar surface area (TPSA) is 9.86 Å². The lowest BCUT2D eigenvalue weighted by atomic mass is 9.82. The lowest BCUT2D eigenvalue weighted by Gasteiger charge is -2.21. The largest absolute Gasteiger partial charge is 0.309 e. The van der Waals surface area contributed by atoms with Crippen LogP contribution in [0.1, 0.15) is 25.0 Å². The molecular formula is C51H36N2. The van der Waals surface area contributed by atoms with Crippen LogP contribution in [0.3, 0.4) is 0 Å². The summed E-state index contributed by atoms with van der Waals surface area (Å²) in [5.41, 5.74) is 17.5. The van der Waals surface area contributed by atoms with Crippen LogP contribution >= 0.6 is 0 Å². The molecule has 1 aliphatic rings. The Labute approximate surface area is 308 Å². The molecular weight excluding hydrogens is 641 g/mol. The Hall–Kier alpha value is -6.64. The Morgan fingerprint density at radius 3 is 1.62 bits per heavy atom. The highest BCUT2D eigenvalue weighted by atomic mass is 15.0. The molecule has 2 heteroatoms. The van der Waals surface area contributed by atoms with Gasteiger partial charge in [-0.1, -0.05) is 135 Å². The predicted molar refractivity (Wildman–Crippen MR) is 224 cm³/mol. The Bertz CT molecular complexity index is 3050. The van der Waals surface area contributed by atoms with E-state index in [0.717, 1.165) is 5.69 Å². The molecule has 0 bridgehead atoms. The van der Waals surface area contributed by atoms with Crippen LogP contribution in [0.2, 0.25) is 0 Å². The minimum absolute atomic E-state index is 0.0807. The van der Waals surface area contributed by atoms with E-state index in [1.165, 1.54) is 93.8 Å². The average molecular weight is 677 g/mol. The monoisotopic (exact) mass is 676 g/mol. The quantitative estimate of drug-likeness (QED) is 0.176. The van der Waals surface area contributed by atoms with Crippen LogP contribution in [-0.2, 0) is 5.41 Å². The highest BCUT2D eigenvalue weighted by molar-refractivity contribution is 6.14. The zero-order valence-corrected chi connectivity index (χ0v) is 29.7. The van der Waals surface area contributed by atoms with Gasteiger partial charge in [-0.25, -0.2) is 0 Å². The summed E-state index contributed by atoms with van der Waals surface area (Å²) in [5, 5.41) is 5.05. The number of hydrogen-bond acceptors (Lipinski definition) is 0. The van der Waals surface area contributed by atoms with Crippen molar-refractivity contribution in [3.8, 4) is 44.8 Å². The molecule has 0 saturated heterocycles. The smallest absolute Gasteiger partial charge is 0.0544 e. The number of fused-ring (bicyclic) bond motifs is 9. The van der Waals surface area contributed by atoms with Gasteiger partial charge in [0.05, 0.1) is 22.1 Å². The third-order valence-electron chi connectivity index (χ3n) is 11.7. The van der Waals surface area contributed by atoms with Gasteiger partial charge in [0, 0.05) is 38.3 Å². The van der Waals surface area contributed by atoms with Gasteiger partial charge >= 0.3 is 0 Å². The van der Waals surface area contributed by atoms with E-state index >= 15 is 0 Å². The Kier molecular flexibility index (Phi) is 6.33. The second kappa shape index (κ2) is 11.2. The fourth-order valence-electron chi connectivity index (χ4n) is 9.11. The third-order valence-corrected chi connectivity index (χ3v) is 11.7. The molecule has 8 aromatic carbocycles. The second-order valence-electron chi connectivity index (χ2n) is 15.0. The first-order valence-corrected chi connectivity index (χ1v) is 18.5. The van der Waals surface area contributed by atoms with Crippen molar-refractivity contribution in [2.75, 3.05) is 0 Å². The first kappa shape index (κ1) is 30.0. The van der Waals surface area contributed by atoms with Gasteiger partial charge in [-0.3, -0.25) is 0 Å². The molecule has 0 atom stereocenters. The Morgan fingerprint density at radius 1 is 0.321 bits per heavy atom. The number of para-hydroxylation sites is 1. The van der Waals surface area contributed by atoms with Crippen molar-refractivity contribution in [3.63, 3.8) is 0 Å². The van der Waals surface area contributed by atoms with Gasteiger partial charge in [0.25, 0.3) is 0 Å². The van der Waals surface area contributed by atoms with Crippen LogP contribution in [-0.4, -0.2) is 9.13 Å². The van der Waals surface area contributed by atoms with Gasteiger partial charge in [-0.2, -0.15) is 0 Å². The van der Waals surface area contributed by atoms with Crippen molar-refractivity contribution >= 4 is 43.6 Å². The molecule has 250 valence electrons. The average Bonchev–Trinajstić information content (AvgIpc) is 3.80. The number of benzene rings is 8. The zero-order valence-electron chi connectivity index (χ0n) is 29.7. The van der Waals surface area contributed by atoms with Crippen LogP contribution in [0.4, 0.5) is 0 Å². The SMILES string of the molecule is CC1(C)c2ccccc2-c2cc3c4ccccc4n(-c4ccc5c(c4)c4cc(-c6ccccc6)ccc4n5-c4ccc(-c5ccccc5)cc4)c3cc21. The lowest BCUT2D eigenvalue weighted by Crippen LogP contribution is -2.14. The molecule has 1 aliphatic carbocycles. The number of nitrogens with zero attached hydrogens (tertiary/aromatic N) is 2. The maximum Gasteiger partial charge on any atom is 0.0544 e. The molecule has 0 N–H and O–H groups in total. The first-order valence-electron chi connectivity index (χ1n) is 18.5. The van der Waals surface area contributed by atoms with E-state index in [0.29, 0.717) is 0 Å². The standard InChI is InChI=1S/C51H36N2/c1-51(2)45-19-11-9-17-39(45)41-31-44-40-18-10-12-20-47(40)53(50(44)32-46(41)51)38-26-28-49-43(30-38)42-29-36(34-15-7-4-8-16-34)23-27-48(42)52(49)37-24-21-35(22-25-37)33-13-5-3-6-14-33/h3-32H,1-2H3. The van der Waals surface area contributed by atoms with E-state index in [2.05, 4.69) is 205 Å². The van der Waals surface area contributed by atoms with Gasteiger partial charge in [0.2, 0.25) is 0 Å². The van der Waals surface area contributed by atoms with Crippen molar-refractivity contribution in [1.29, 1.82) is 0 Å². The molecule has 0 aliphatic heterocycles. The molecule has 2 nitrogen and oxygen atoms in total. The van der Waals surface area contributed by atoms with Crippen LogP contribution in [0.15, 0.2) is 182 Å². The maximum absolute atomic E-state index is 2.49. The second-order valence-corrected chi connectivity index (χ2v) is 15.0. The summed E-state index contributed by atoms with van der Waals surface area (Å²) >= 11 is 0. The normalized spacial score (nSPS) is 13.2. The molecule has 0 unspecified atom stereocenters. The zero-order chi connectivity index (χ0) is 35.3. The molecule has 10 aromatic rings. The molecule has 0 radical (unpaired) electrons. The summed E-state index contributed by atoms with van der Waals surface area (Å²) in [7, 11) is 0. The Balaban J connectivity index is 1.16. The van der Waals surface area contributed by atoms with E-state index in [1.807, 2.05) is 0 Å². The van der Waals surface area contributed by atoms with E-state index in [4.69, 9.17) is 0 Å². The van der Waals surface area contributed by atoms with Crippen molar-refractivity contribution in [2.24, 2.45) is 0 Å². The lowest BCUT2D eigenvalue weighted by molar-refractivity contribution is 0.661. The third kappa shape index (κ3) is 4.39. The van der Waals surface area contributed by atoms with Gasteiger partial charge in [-0.05, 0) is 105 Å². The molecule has 53 heavy (non-hydrogen) atoms. The van der Waals surface area contributed by atoms with Gasteiger partial charge < -0.3 is 9.13 Å². The van der Waals surface area contributed by atoms with E-state index < -0.39 is 0 Å². The molecule has 0 fully saturated rings. The molecule has 0 saturated carbocycles. The Morgan fingerprint density at radius 2 is 0.849 bits per heavy atom. The molecule has 11 rings (SSSR count). The summed E-state index contributed by atoms with van der Waals surface area (Å²) < 4.78 is 4.92. The summed E-state index contributed by atoms with van der Waals surface area (Å²) in [6.07, 6.45) is 0. The van der Waals surface area contributed by atoms with Gasteiger partial charge in [0.1, 0.15) is 0 Å². The van der Waals surface area contributed by atoms with Gasteiger partial charge in [0.15, 0.2) is 0 Å². The summed E-state index contributed by atoms with van der Waals surface area (Å²) in [4.78, 5) is 0. The molecule has 0 amide bonds. The van der Waals surface area contributed by atoms with Crippen molar-refractivity contribution in [1.82, 2.24) is 9.13 Å². The number of aromatic nitrogens is 2. The minimum Gasteiger partial charge on any atom is -0.309 e. The molecule has 2 aromatic heterocycles. The fourth-order valence-corrected chi connectivity index (χ4v) is 9.11. The molecule has 2 heterocycles. The first-order chi connectivity index (χ1) is 26.0.